The molecule has 2 heterocycles. The molecule has 2 aromatic heterocycles. The van der Waals surface area contributed by atoms with Gasteiger partial charge in [-0.2, -0.15) is 0 Å². The van der Waals surface area contributed by atoms with Gasteiger partial charge in [0.05, 0.1) is 13.5 Å². The number of H-pyrrole nitrogens is 1. The van der Waals surface area contributed by atoms with Crippen LogP contribution in [0.3, 0.4) is 0 Å². The summed E-state index contributed by atoms with van der Waals surface area (Å²) in [5.41, 5.74) is 4.75. The lowest BCUT2D eigenvalue weighted by Crippen LogP contribution is -3.00. The number of esters is 1. The number of aromatic nitrogens is 2. The first kappa shape index (κ1) is 19.0. The molecular weight excluding hydrogens is 336 g/mol. The molecule has 0 spiro atoms. The van der Waals surface area contributed by atoms with Crippen LogP contribution >= 0.6 is 0 Å². The highest BCUT2D eigenvalue weighted by atomic mass is 35.5. The quantitative estimate of drug-likeness (QED) is 0.497. The number of rotatable bonds is 6. The van der Waals surface area contributed by atoms with Gasteiger partial charge in [0.2, 0.25) is 0 Å². The maximum absolute atomic E-state index is 11.5. The van der Waals surface area contributed by atoms with Crippen molar-refractivity contribution in [1.82, 2.24) is 4.98 Å². The predicted molar refractivity (Wildman–Crippen MR) is 93.7 cm³/mol. The summed E-state index contributed by atoms with van der Waals surface area (Å²) in [7, 11) is 1.43. The van der Waals surface area contributed by atoms with Gasteiger partial charge in [-0.1, -0.05) is 25.1 Å². The number of nitrogens with zero attached hydrogens (tertiary/aromatic N) is 1. The van der Waals surface area contributed by atoms with Crippen molar-refractivity contribution in [2.24, 2.45) is 0 Å². The zero-order chi connectivity index (χ0) is 16.9. The fourth-order valence-electron chi connectivity index (χ4n) is 3.06. The number of fused-ring (bicyclic) bond motifs is 1. The molecule has 4 nitrogen and oxygen atoms in total. The largest absolute Gasteiger partial charge is 1.00 e. The Morgan fingerprint density at radius 1 is 1.16 bits per heavy atom. The lowest BCUT2D eigenvalue weighted by Gasteiger charge is -2.06. The van der Waals surface area contributed by atoms with Crippen LogP contribution in [0.1, 0.15) is 23.6 Å². The number of aromatic amines is 1. The van der Waals surface area contributed by atoms with Crippen LogP contribution in [-0.2, 0) is 35.3 Å². The van der Waals surface area contributed by atoms with Crippen molar-refractivity contribution in [2.45, 2.75) is 32.7 Å². The van der Waals surface area contributed by atoms with Gasteiger partial charge in [0.15, 0.2) is 18.9 Å². The number of hydrogen-bond donors (Lipinski definition) is 1. The van der Waals surface area contributed by atoms with Crippen LogP contribution < -0.4 is 17.0 Å². The Labute approximate surface area is 154 Å². The molecular formula is C20H23ClN2O2. The minimum atomic E-state index is -0.193. The van der Waals surface area contributed by atoms with Crippen LogP contribution in [0.5, 0.6) is 0 Å². The molecule has 3 rings (SSSR count). The van der Waals surface area contributed by atoms with E-state index in [0.717, 1.165) is 24.9 Å². The number of halogens is 1. The van der Waals surface area contributed by atoms with E-state index in [2.05, 4.69) is 47.1 Å². The molecule has 25 heavy (non-hydrogen) atoms. The lowest BCUT2D eigenvalue weighted by atomic mass is 10.0. The molecule has 0 aliphatic carbocycles. The predicted octanol–water partition coefficient (Wildman–Crippen LogP) is -0.0200. The average molecular weight is 359 g/mol. The molecule has 132 valence electrons. The summed E-state index contributed by atoms with van der Waals surface area (Å²) in [5, 5.41) is 1.29. The molecule has 0 fully saturated rings. The number of pyridine rings is 1. The Bertz CT molecular complexity index is 858. The van der Waals surface area contributed by atoms with E-state index in [-0.39, 0.29) is 18.4 Å². The number of aryl methyl sites for hydroxylation is 3. The first-order valence-electron chi connectivity index (χ1n) is 8.34. The Balaban J connectivity index is 0.00000225. The maximum Gasteiger partial charge on any atom is 0.309 e. The van der Waals surface area contributed by atoms with E-state index < -0.39 is 0 Å². The van der Waals surface area contributed by atoms with Gasteiger partial charge < -0.3 is 22.1 Å². The van der Waals surface area contributed by atoms with Gasteiger partial charge >= 0.3 is 5.97 Å². The molecule has 1 N–H and O–H groups in total. The second-order valence-electron chi connectivity index (χ2n) is 5.95. The minimum absolute atomic E-state index is 0. The Hall–Kier alpha value is -2.33. The van der Waals surface area contributed by atoms with Crippen molar-refractivity contribution in [2.75, 3.05) is 7.11 Å². The zero-order valence-corrected chi connectivity index (χ0v) is 15.3. The first-order chi connectivity index (χ1) is 11.7. The van der Waals surface area contributed by atoms with Crippen molar-refractivity contribution in [1.29, 1.82) is 0 Å². The number of benzene rings is 1. The van der Waals surface area contributed by atoms with E-state index in [1.807, 2.05) is 18.3 Å². The standard InChI is InChI=1S/C20H23N2O2.ClH/c1-3-15-14-22(10-8-16(15)12-20(23)24-2)11-9-17-13-21-19-7-5-4-6-18(17)19;/h4-8,10,13-14,21H,3,9,11-12H2,1-2H3;1H/q+1;/p-1. The Kier molecular flexibility index (Phi) is 6.59. The summed E-state index contributed by atoms with van der Waals surface area (Å²) in [6.45, 7) is 3.02. The highest BCUT2D eigenvalue weighted by molar-refractivity contribution is 5.82. The van der Waals surface area contributed by atoms with E-state index in [1.54, 1.807) is 0 Å². The monoisotopic (exact) mass is 358 g/mol. The van der Waals surface area contributed by atoms with Gasteiger partial charge in [-0.05, 0) is 23.6 Å². The molecule has 0 amide bonds. The van der Waals surface area contributed by atoms with Crippen LogP contribution in [-0.4, -0.2) is 18.1 Å². The molecule has 0 bridgehead atoms. The molecule has 0 saturated carbocycles. The van der Waals surface area contributed by atoms with Crippen molar-refractivity contribution >= 4 is 16.9 Å². The fraction of sp³-hybridized carbons (Fsp3) is 0.300. The van der Waals surface area contributed by atoms with E-state index in [0.29, 0.717) is 6.42 Å². The number of carbonyl (C=O) groups excluding carboxylic acids is 1. The van der Waals surface area contributed by atoms with E-state index in [1.165, 1.54) is 29.1 Å². The third-order valence-electron chi connectivity index (χ3n) is 4.46. The number of hydrogen-bond acceptors (Lipinski definition) is 2. The number of ether oxygens (including phenoxy) is 1. The number of methoxy groups -OCH3 is 1. The summed E-state index contributed by atoms with van der Waals surface area (Å²) in [6.07, 6.45) is 8.49. The van der Waals surface area contributed by atoms with Crippen molar-refractivity contribution in [3.05, 3.63) is 65.6 Å². The topological polar surface area (TPSA) is 46.0 Å². The van der Waals surface area contributed by atoms with Gasteiger partial charge in [0.25, 0.3) is 0 Å². The highest BCUT2D eigenvalue weighted by Crippen LogP contribution is 2.18. The third kappa shape index (κ3) is 4.40. The Morgan fingerprint density at radius 2 is 1.96 bits per heavy atom. The smallest absolute Gasteiger partial charge is 0.309 e. The number of carbonyl (C=O) groups is 1. The van der Waals surface area contributed by atoms with Gasteiger partial charge in [0, 0.05) is 35.2 Å². The van der Waals surface area contributed by atoms with Gasteiger partial charge in [-0.3, -0.25) is 4.79 Å². The summed E-state index contributed by atoms with van der Waals surface area (Å²) in [6, 6.07) is 10.4. The summed E-state index contributed by atoms with van der Waals surface area (Å²) < 4.78 is 6.97. The van der Waals surface area contributed by atoms with Crippen molar-refractivity contribution in [3.8, 4) is 0 Å². The molecule has 0 saturated heterocycles. The molecule has 5 heteroatoms. The van der Waals surface area contributed by atoms with Gasteiger partial charge in [-0.15, -0.1) is 0 Å². The van der Waals surface area contributed by atoms with Gasteiger partial charge in [0.1, 0.15) is 0 Å². The molecule has 1 aromatic carbocycles. The number of nitrogens with one attached hydrogen (secondary N) is 1. The summed E-state index contributed by atoms with van der Waals surface area (Å²) in [4.78, 5) is 14.8. The highest BCUT2D eigenvalue weighted by Gasteiger charge is 2.13. The first-order valence-corrected chi connectivity index (χ1v) is 8.34. The second-order valence-corrected chi connectivity index (χ2v) is 5.95. The molecule has 0 atom stereocenters. The van der Waals surface area contributed by atoms with Crippen molar-refractivity contribution in [3.63, 3.8) is 0 Å². The Morgan fingerprint density at radius 3 is 2.72 bits per heavy atom. The van der Waals surface area contributed by atoms with Crippen LogP contribution in [0.15, 0.2) is 48.9 Å². The zero-order valence-electron chi connectivity index (χ0n) is 14.6. The maximum atomic E-state index is 11.5. The SMILES string of the molecule is CCc1c[n+](CCc2c[nH]c3ccccc23)ccc1CC(=O)OC.[Cl-]. The average Bonchev–Trinajstić information content (AvgIpc) is 3.04. The molecule has 0 aliphatic rings. The normalized spacial score (nSPS) is 10.5. The number of para-hydroxylation sites is 1. The molecule has 0 aliphatic heterocycles. The van der Waals surface area contributed by atoms with Crippen LogP contribution in [0.4, 0.5) is 0 Å². The van der Waals surface area contributed by atoms with E-state index in [9.17, 15) is 4.79 Å². The third-order valence-corrected chi connectivity index (χ3v) is 4.46. The van der Waals surface area contributed by atoms with Crippen LogP contribution in [0.2, 0.25) is 0 Å². The molecule has 3 aromatic rings. The van der Waals surface area contributed by atoms with Gasteiger partial charge in [-0.25, -0.2) is 4.57 Å². The summed E-state index contributed by atoms with van der Waals surface area (Å²) in [5.74, 6) is -0.193. The van der Waals surface area contributed by atoms with Crippen LogP contribution in [0.25, 0.3) is 10.9 Å². The molecule has 0 radical (unpaired) electrons. The van der Waals surface area contributed by atoms with E-state index >= 15 is 0 Å². The summed E-state index contributed by atoms with van der Waals surface area (Å²) >= 11 is 0. The second kappa shape index (κ2) is 8.67. The van der Waals surface area contributed by atoms with E-state index in [4.69, 9.17) is 4.74 Å². The minimum Gasteiger partial charge on any atom is -1.00 e. The lowest BCUT2D eigenvalue weighted by molar-refractivity contribution is -0.696. The van der Waals surface area contributed by atoms with Crippen LogP contribution in [0, 0.1) is 0 Å². The van der Waals surface area contributed by atoms with Crippen molar-refractivity contribution < 1.29 is 26.5 Å². The fourth-order valence-corrected chi connectivity index (χ4v) is 3.06. The molecule has 0 unspecified atom stereocenters.